The van der Waals surface area contributed by atoms with Gasteiger partial charge in [-0.3, -0.25) is 4.99 Å². The van der Waals surface area contributed by atoms with E-state index in [0.717, 1.165) is 30.7 Å². The molecule has 1 aliphatic rings. The molecule has 3 nitrogen and oxygen atoms in total. The van der Waals surface area contributed by atoms with Crippen molar-refractivity contribution in [1.82, 2.24) is 10.6 Å². The Labute approximate surface area is 143 Å². The van der Waals surface area contributed by atoms with E-state index >= 15 is 0 Å². The Morgan fingerprint density at radius 3 is 2.55 bits per heavy atom. The molecule has 1 aliphatic carbocycles. The molecule has 0 spiro atoms. The predicted molar refractivity (Wildman–Crippen MR) is 99.3 cm³/mol. The standard InChI is InChI=1S/C15H23N3S.HI/c1-16-15(17-10-9-13-7-8-13)18-11-12-19-14-5-3-2-4-6-14;/h2-6,13H,7-12H2,1H3,(H2,16,17,18);1H. The van der Waals surface area contributed by atoms with Crippen molar-refractivity contribution in [2.24, 2.45) is 10.9 Å². The smallest absolute Gasteiger partial charge is 0.191 e. The van der Waals surface area contributed by atoms with Crippen LogP contribution in [-0.4, -0.2) is 31.8 Å². The molecule has 0 amide bonds. The molecule has 112 valence electrons. The molecule has 0 saturated heterocycles. The molecule has 0 heterocycles. The van der Waals surface area contributed by atoms with Crippen molar-refractivity contribution < 1.29 is 0 Å². The van der Waals surface area contributed by atoms with Gasteiger partial charge in [0.2, 0.25) is 0 Å². The average molecular weight is 405 g/mol. The third-order valence-corrected chi connectivity index (χ3v) is 4.19. The number of aliphatic imine (C=N–C) groups is 1. The average Bonchev–Trinajstić information content (AvgIpc) is 3.27. The number of hydrogen-bond acceptors (Lipinski definition) is 2. The summed E-state index contributed by atoms with van der Waals surface area (Å²) < 4.78 is 0. The minimum atomic E-state index is 0. The van der Waals surface area contributed by atoms with Crippen LogP contribution in [0.5, 0.6) is 0 Å². The first-order chi connectivity index (χ1) is 9.38. The van der Waals surface area contributed by atoms with Crippen molar-refractivity contribution >= 4 is 41.7 Å². The van der Waals surface area contributed by atoms with Gasteiger partial charge >= 0.3 is 0 Å². The zero-order chi connectivity index (χ0) is 13.3. The van der Waals surface area contributed by atoms with Crippen molar-refractivity contribution in [2.45, 2.75) is 24.2 Å². The van der Waals surface area contributed by atoms with Crippen LogP contribution in [0.2, 0.25) is 0 Å². The molecule has 2 N–H and O–H groups in total. The number of guanidine groups is 1. The monoisotopic (exact) mass is 405 g/mol. The fourth-order valence-electron chi connectivity index (χ4n) is 1.88. The molecule has 1 aromatic rings. The fourth-order valence-corrected chi connectivity index (χ4v) is 2.67. The van der Waals surface area contributed by atoms with Gasteiger partial charge in [-0.2, -0.15) is 0 Å². The summed E-state index contributed by atoms with van der Waals surface area (Å²) in [5.41, 5.74) is 0. The summed E-state index contributed by atoms with van der Waals surface area (Å²) in [5, 5.41) is 6.72. The minimum absolute atomic E-state index is 0. The molecule has 0 aliphatic heterocycles. The summed E-state index contributed by atoms with van der Waals surface area (Å²) in [6.07, 6.45) is 4.11. The van der Waals surface area contributed by atoms with Gasteiger partial charge in [-0.05, 0) is 24.5 Å². The first kappa shape index (κ1) is 17.6. The van der Waals surface area contributed by atoms with Crippen LogP contribution in [-0.2, 0) is 0 Å². The molecule has 1 saturated carbocycles. The van der Waals surface area contributed by atoms with Crippen molar-refractivity contribution in [1.29, 1.82) is 0 Å². The number of rotatable bonds is 7. The molecular formula is C15H24IN3S. The Morgan fingerprint density at radius 1 is 1.20 bits per heavy atom. The van der Waals surface area contributed by atoms with E-state index in [0.29, 0.717) is 0 Å². The zero-order valence-corrected chi connectivity index (χ0v) is 15.1. The van der Waals surface area contributed by atoms with Gasteiger partial charge in [0, 0.05) is 30.8 Å². The SMILES string of the molecule is CN=C(NCCSc1ccccc1)NCCC1CC1.I. The predicted octanol–water partition coefficient (Wildman–Crippen LogP) is 3.36. The number of nitrogens with zero attached hydrogens (tertiary/aromatic N) is 1. The van der Waals surface area contributed by atoms with Crippen LogP contribution in [0.25, 0.3) is 0 Å². The van der Waals surface area contributed by atoms with Gasteiger partial charge in [0.25, 0.3) is 0 Å². The Balaban J connectivity index is 0.00000200. The van der Waals surface area contributed by atoms with E-state index in [-0.39, 0.29) is 24.0 Å². The lowest BCUT2D eigenvalue weighted by molar-refractivity contribution is 0.687. The quantitative estimate of drug-likeness (QED) is 0.240. The maximum Gasteiger partial charge on any atom is 0.191 e. The topological polar surface area (TPSA) is 36.4 Å². The highest BCUT2D eigenvalue weighted by Gasteiger charge is 2.20. The van der Waals surface area contributed by atoms with Gasteiger partial charge in [0.05, 0.1) is 0 Å². The first-order valence-electron chi connectivity index (χ1n) is 7.01. The summed E-state index contributed by atoms with van der Waals surface area (Å²) in [7, 11) is 1.83. The van der Waals surface area contributed by atoms with Gasteiger partial charge in [0.1, 0.15) is 0 Å². The molecule has 1 fully saturated rings. The number of thioether (sulfide) groups is 1. The lowest BCUT2D eigenvalue weighted by Gasteiger charge is -2.11. The summed E-state index contributed by atoms with van der Waals surface area (Å²) in [5.74, 6) is 2.95. The Morgan fingerprint density at radius 2 is 1.90 bits per heavy atom. The highest BCUT2D eigenvalue weighted by atomic mass is 127. The van der Waals surface area contributed by atoms with Crippen LogP contribution in [0.3, 0.4) is 0 Å². The van der Waals surface area contributed by atoms with Crippen LogP contribution < -0.4 is 10.6 Å². The Kier molecular flexibility index (Phi) is 9.09. The second kappa shape index (κ2) is 10.3. The van der Waals surface area contributed by atoms with Crippen LogP contribution in [0.15, 0.2) is 40.2 Å². The van der Waals surface area contributed by atoms with Gasteiger partial charge in [-0.25, -0.2) is 0 Å². The fraction of sp³-hybridized carbons (Fsp3) is 0.533. The summed E-state index contributed by atoms with van der Waals surface area (Å²) >= 11 is 1.87. The van der Waals surface area contributed by atoms with E-state index in [4.69, 9.17) is 0 Å². The van der Waals surface area contributed by atoms with E-state index in [1.165, 1.54) is 24.2 Å². The number of hydrogen-bond donors (Lipinski definition) is 2. The number of benzene rings is 1. The summed E-state index contributed by atoms with van der Waals surface area (Å²) in [6.45, 7) is 1.97. The van der Waals surface area contributed by atoms with Gasteiger partial charge < -0.3 is 10.6 Å². The maximum absolute atomic E-state index is 4.24. The molecular weight excluding hydrogens is 381 g/mol. The Hall–Kier alpha value is -0.430. The van der Waals surface area contributed by atoms with Crippen molar-refractivity contribution in [3.63, 3.8) is 0 Å². The molecule has 5 heteroatoms. The van der Waals surface area contributed by atoms with Crippen LogP contribution in [0.4, 0.5) is 0 Å². The van der Waals surface area contributed by atoms with E-state index in [9.17, 15) is 0 Å². The summed E-state index contributed by atoms with van der Waals surface area (Å²) in [4.78, 5) is 5.56. The first-order valence-corrected chi connectivity index (χ1v) is 7.99. The van der Waals surface area contributed by atoms with E-state index < -0.39 is 0 Å². The van der Waals surface area contributed by atoms with E-state index in [2.05, 4.69) is 39.9 Å². The third kappa shape index (κ3) is 7.38. The van der Waals surface area contributed by atoms with Crippen LogP contribution >= 0.6 is 35.7 Å². The zero-order valence-electron chi connectivity index (χ0n) is 12.0. The lowest BCUT2D eigenvalue weighted by atomic mass is 10.3. The van der Waals surface area contributed by atoms with E-state index in [1.54, 1.807) is 0 Å². The van der Waals surface area contributed by atoms with Crippen LogP contribution in [0, 0.1) is 5.92 Å². The second-order valence-corrected chi connectivity index (χ2v) is 5.99. The Bertz CT molecular complexity index is 393. The van der Waals surface area contributed by atoms with Gasteiger partial charge in [-0.1, -0.05) is 31.0 Å². The molecule has 0 radical (unpaired) electrons. The van der Waals surface area contributed by atoms with Crippen molar-refractivity contribution in [3.8, 4) is 0 Å². The molecule has 20 heavy (non-hydrogen) atoms. The molecule has 0 atom stereocenters. The highest BCUT2D eigenvalue weighted by Crippen LogP contribution is 2.31. The third-order valence-electron chi connectivity index (χ3n) is 3.17. The molecule has 1 aromatic carbocycles. The maximum atomic E-state index is 4.24. The van der Waals surface area contributed by atoms with Crippen LogP contribution in [0.1, 0.15) is 19.3 Å². The number of halogens is 1. The van der Waals surface area contributed by atoms with E-state index in [1.807, 2.05) is 24.9 Å². The normalized spacial score (nSPS) is 14.6. The van der Waals surface area contributed by atoms with Gasteiger partial charge in [0.15, 0.2) is 5.96 Å². The molecule has 0 unspecified atom stereocenters. The number of nitrogens with one attached hydrogen (secondary N) is 2. The second-order valence-electron chi connectivity index (χ2n) is 4.82. The molecule has 0 aromatic heterocycles. The lowest BCUT2D eigenvalue weighted by Crippen LogP contribution is -2.38. The highest BCUT2D eigenvalue weighted by molar-refractivity contribution is 14.0. The molecule has 0 bridgehead atoms. The largest absolute Gasteiger partial charge is 0.356 e. The summed E-state index contributed by atoms with van der Waals surface area (Å²) in [6, 6.07) is 10.5. The molecule has 2 rings (SSSR count). The minimum Gasteiger partial charge on any atom is -0.356 e. The van der Waals surface area contributed by atoms with Gasteiger partial charge in [-0.15, -0.1) is 35.7 Å². The van der Waals surface area contributed by atoms with Crippen molar-refractivity contribution in [3.05, 3.63) is 30.3 Å². The van der Waals surface area contributed by atoms with Crippen molar-refractivity contribution in [2.75, 3.05) is 25.9 Å².